The van der Waals surface area contributed by atoms with Gasteiger partial charge in [-0.05, 0) is 12.1 Å². The standard InChI is InChI=1S/C14H11FN2O5/c15-9-3-1-2-4-11(9)22-8-5-10(18)13(16-6-8)14(21)17-7-12(19)20/h1-6,18H,7H2,(H,17,21)(H,19,20). The Balaban J connectivity index is 2.14. The second kappa shape index (κ2) is 6.53. The van der Waals surface area contributed by atoms with Gasteiger partial charge in [0, 0.05) is 6.07 Å². The molecule has 8 heteroatoms. The van der Waals surface area contributed by atoms with Gasteiger partial charge in [0.15, 0.2) is 23.0 Å². The zero-order valence-electron chi connectivity index (χ0n) is 11.1. The number of amides is 1. The number of carbonyl (C=O) groups excluding carboxylic acids is 1. The lowest BCUT2D eigenvalue weighted by atomic mass is 10.3. The molecule has 0 fully saturated rings. The Hall–Kier alpha value is -3.16. The van der Waals surface area contributed by atoms with Crippen LogP contribution in [0.15, 0.2) is 36.5 Å². The van der Waals surface area contributed by atoms with Crippen molar-refractivity contribution in [3.63, 3.8) is 0 Å². The van der Waals surface area contributed by atoms with Gasteiger partial charge in [0.2, 0.25) is 0 Å². The summed E-state index contributed by atoms with van der Waals surface area (Å²) in [6.45, 7) is -0.604. The van der Waals surface area contributed by atoms with Crippen LogP contribution in [0.2, 0.25) is 0 Å². The quantitative estimate of drug-likeness (QED) is 0.773. The Morgan fingerprint density at radius 2 is 2.05 bits per heavy atom. The molecule has 0 aliphatic heterocycles. The van der Waals surface area contributed by atoms with E-state index in [1.54, 1.807) is 6.07 Å². The summed E-state index contributed by atoms with van der Waals surface area (Å²) in [5.74, 6) is -3.23. The molecule has 2 rings (SSSR count). The minimum atomic E-state index is -1.23. The van der Waals surface area contributed by atoms with Crippen LogP contribution in [0.4, 0.5) is 4.39 Å². The van der Waals surface area contributed by atoms with Crippen LogP contribution in [0.25, 0.3) is 0 Å². The van der Waals surface area contributed by atoms with Gasteiger partial charge in [-0.15, -0.1) is 0 Å². The third-order valence-corrected chi connectivity index (χ3v) is 2.52. The number of carboxylic acid groups (broad SMARTS) is 1. The molecule has 2 aromatic rings. The third-order valence-electron chi connectivity index (χ3n) is 2.52. The largest absolute Gasteiger partial charge is 0.505 e. The summed E-state index contributed by atoms with van der Waals surface area (Å²) in [7, 11) is 0. The zero-order valence-corrected chi connectivity index (χ0v) is 11.1. The van der Waals surface area contributed by atoms with E-state index in [-0.39, 0.29) is 17.2 Å². The van der Waals surface area contributed by atoms with Crippen LogP contribution in [0.3, 0.4) is 0 Å². The topological polar surface area (TPSA) is 109 Å². The summed E-state index contributed by atoms with van der Waals surface area (Å²) in [5.41, 5.74) is -0.359. The molecule has 0 radical (unpaired) electrons. The Kier molecular flexibility index (Phi) is 4.52. The second-order valence-electron chi connectivity index (χ2n) is 4.15. The molecule has 1 aromatic heterocycles. The van der Waals surface area contributed by atoms with Crippen LogP contribution >= 0.6 is 0 Å². The van der Waals surface area contributed by atoms with E-state index in [0.29, 0.717) is 0 Å². The maximum atomic E-state index is 13.4. The number of pyridine rings is 1. The lowest BCUT2D eigenvalue weighted by molar-refractivity contribution is -0.135. The zero-order chi connectivity index (χ0) is 16.1. The molecular formula is C14H11FN2O5. The van der Waals surface area contributed by atoms with Crippen LogP contribution in [-0.2, 0) is 4.79 Å². The number of hydrogen-bond donors (Lipinski definition) is 3. The normalized spacial score (nSPS) is 10.0. The van der Waals surface area contributed by atoms with Gasteiger partial charge in [-0.3, -0.25) is 9.59 Å². The van der Waals surface area contributed by atoms with Crippen LogP contribution < -0.4 is 10.1 Å². The average molecular weight is 306 g/mol. The number of ether oxygens (including phenoxy) is 1. The maximum absolute atomic E-state index is 13.4. The average Bonchev–Trinajstić information content (AvgIpc) is 2.47. The first-order valence-corrected chi connectivity index (χ1v) is 6.08. The van der Waals surface area contributed by atoms with E-state index in [1.807, 2.05) is 0 Å². The van der Waals surface area contributed by atoms with Crippen molar-refractivity contribution in [3.8, 4) is 17.2 Å². The van der Waals surface area contributed by atoms with E-state index >= 15 is 0 Å². The van der Waals surface area contributed by atoms with Crippen LogP contribution in [-0.4, -0.2) is 33.6 Å². The number of aromatic nitrogens is 1. The first-order valence-electron chi connectivity index (χ1n) is 6.08. The van der Waals surface area contributed by atoms with E-state index in [4.69, 9.17) is 9.84 Å². The van der Waals surface area contributed by atoms with Gasteiger partial charge in [-0.25, -0.2) is 9.37 Å². The number of benzene rings is 1. The number of aromatic hydroxyl groups is 1. The molecule has 0 unspecified atom stereocenters. The summed E-state index contributed by atoms with van der Waals surface area (Å²) in [6.07, 6.45) is 1.11. The number of carbonyl (C=O) groups is 2. The van der Waals surface area contributed by atoms with Crippen LogP contribution in [0.5, 0.6) is 17.2 Å². The number of para-hydroxylation sites is 1. The molecule has 7 nitrogen and oxygen atoms in total. The van der Waals surface area contributed by atoms with Gasteiger partial charge in [-0.1, -0.05) is 12.1 Å². The molecule has 0 atom stereocenters. The third kappa shape index (κ3) is 3.69. The molecule has 3 N–H and O–H groups in total. The predicted molar refractivity (Wildman–Crippen MR) is 72.3 cm³/mol. The molecule has 0 saturated carbocycles. The van der Waals surface area contributed by atoms with E-state index in [9.17, 15) is 19.1 Å². The smallest absolute Gasteiger partial charge is 0.322 e. The molecule has 0 aliphatic rings. The Labute approximate surface area is 124 Å². The summed E-state index contributed by atoms with van der Waals surface area (Å²) in [4.78, 5) is 25.6. The number of aliphatic carboxylic acids is 1. The van der Waals surface area contributed by atoms with Gasteiger partial charge in [0.1, 0.15) is 12.3 Å². The minimum absolute atomic E-state index is 0.0254. The molecule has 0 saturated heterocycles. The van der Waals surface area contributed by atoms with Crippen LogP contribution in [0.1, 0.15) is 10.5 Å². The van der Waals surface area contributed by atoms with Crippen molar-refractivity contribution >= 4 is 11.9 Å². The van der Waals surface area contributed by atoms with Gasteiger partial charge >= 0.3 is 5.97 Å². The monoisotopic (exact) mass is 306 g/mol. The number of rotatable bonds is 5. The fraction of sp³-hybridized carbons (Fsp3) is 0.0714. The Bertz CT molecular complexity index is 720. The molecule has 0 spiro atoms. The lowest BCUT2D eigenvalue weighted by Gasteiger charge is -2.08. The lowest BCUT2D eigenvalue weighted by Crippen LogP contribution is -2.29. The minimum Gasteiger partial charge on any atom is -0.505 e. The maximum Gasteiger partial charge on any atom is 0.322 e. The number of nitrogens with one attached hydrogen (secondary N) is 1. The van der Waals surface area contributed by atoms with Crippen molar-refractivity contribution in [2.75, 3.05) is 6.54 Å². The van der Waals surface area contributed by atoms with E-state index in [0.717, 1.165) is 12.3 Å². The van der Waals surface area contributed by atoms with Gasteiger partial charge in [0.05, 0.1) is 6.20 Å². The molecule has 22 heavy (non-hydrogen) atoms. The first kappa shape index (κ1) is 15.2. The van der Waals surface area contributed by atoms with Crippen LogP contribution in [0, 0.1) is 5.82 Å². The van der Waals surface area contributed by atoms with E-state index in [2.05, 4.69) is 10.3 Å². The number of nitrogens with zero attached hydrogens (tertiary/aromatic N) is 1. The molecule has 114 valence electrons. The van der Waals surface area contributed by atoms with Crippen molar-refractivity contribution < 1.29 is 28.9 Å². The van der Waals surface area contributed by atoms with Gasteiger partial charge in [0.25, 0.3) is 5.91 Å². The first-order chi connectivity index (χ1) is 10.5. The van der Waals surface area contributed by atoms with E-state index < -0.39 is 30.0 Å². The second-order valence-corrected chi connectivity index (χ2v) is 4.15. The number of halogens is 1. The number of hydrogen-bond acceptors (Lipinski definition) is 5. The highest BCUT2D eigenvalue weighted by Gasteiger charge is 2.15. The molecule has 1 amide bonds. The summed E-state index contributed by atoms with van der Waals surface area (Å²) < 4.78 is 18.6. The molecule has 0 bridgehead atoms. The fourth-order valence-corrected chi connectivity index (χ4v) is 1.56. The highest BCUT2D eigenvalue weighted by atomic mass is 19.1. The van der Waals surface area contributed by atoms with E-state index in [1.165, 1.54) is 18.2 Å². The van der Waals surface area contributed by atoms with Gasteiger partial charge in [-0.2, -0.15) is 0 Å². The van der Waals surface area contributed by atoms with Crippen molar-refractivity contribution in [1.29, 1.82) is 0 Å². The molecular weight excluding hydrogens is 295 g/mol. The molecule has 1 heterocycles. The number of carboxylic acids is 1. The highest BCUT2D eigenvalue weighted by molar-refractivity contribution is 5.96. The van der Waals surface area contributed by atoms with Gasteiger partial charge < -0.3 is 20.3 Å². The molecule has 1 aromatic carbocycles. The van der Waals surface area contributed by atoms with Crippen molar-refractivity contribution in [2.24, 2.45) is 0 Å². The molecule has 0 aliphatic carbocycles. The van der Waals surface area contributed by atoms with Crippen molar-refractivity contribution in [1.82, 2.24) is 10.3 Å². The Morgan fingerprint density at radius 1 is 1.32 bits per heavy atom. The summed E-state index contributed by atoms with van der Waals surface area (Å²) in [6, 6.07) is 6.73. The Morgan fingerprint density at radius 3 is 2.68 bits per heavy atom. The SMILES string of the molecule is O=C(O)CNC(=O)c1ncc(Oc2ccccc2F)cc1O. The van der Waals surface area contributed by atoms with Crippen molar-refractivity contribution in [2.45, 2.75) is 0 Å². The summed E-state index contributed by atoms with van der Waals surface area (Å²) >= 11 is 0. The fourth-order valence-electron chi connectivity index (χ4n) is 1.56. The predicted octanol–water partition coefficient (Wildman–Crippen LogP) is 1.53. The summed E-state index contributed by atoms with van der Waals surface area (Å²) in [5, 5.41) is 20.2. The highest BCUT2D eigenvalue weighted by Crippen LogP contribution is 2.27. The van der Waals surface area contributed by atoms with Crippen molar-refractivity contribution in [3.05, 3.63) is 48.0 Å².